The van der Waals surface area contributed by atoms with Crippen molar-refractivity contribution in [1.29, 1.82) is 0 Å². The molecule has 0 saturated carbocycles. The van der Waals surface area contributed by atoms with Crippen LogP contribution in [0.2, 0.25) is 0 Å². The van der Waals surface area contributed by atoms with Gasteiger partial charge < -0.3 is 5.73 Å². The van der Waals surface area contributed by atoms with Gasteiger partial charge in [-0.15, -0.1) is 0 Å². The van der Waals surface area contributed by atoms with Crippen LogP contribution >= 0.6 is 0 Å². The summed E-state index contributed by atoms with van der Waals surface area (Å²) >= 11 is 0. The predicted octanol–water partition coefficient (Wildman–Crippen LogP) is 1.04. The van der Waals surface area contributed by atoms with E-state index in [1.165, 1.54) is 0 Å². The molecule has 1 heterocycles. The number of nitrogens with two attached hydrogens (primary N) is 1. The number of rotatable bonds is 5. The van der Waals surface area contributed by atoms with Gasteiger partial charge >= 0.3 is 5.69 Å². The standard InChI is InChI=1S/C11H21N3O/c1-4-5-13-6-7-14(11(13)15)8-10(12)9(2)3/h6-7,9-10H,4-5,8,12H2,1-3H3. The van der Waals surface area contributed by atoms with E-state index < -0.39 is 0 Å². The van der Waals surface area contributed by atoms with E-state index >= 15 is 0 Å². The first kappa shape index (κ1) is 12.0. The highest BCUT2D eigenvalue weighted by Crippen LogP contribution is 2.00. The molecule has 15 heavy (non-hydrogen) atoms. The lowest BCUT2D eigenvalue weighted by atomic mass is 10.1. The maximum Gasteiger partial charge on any atom is 0.328 e. The van der Waals surface area contributed by atoms with Crippen molar-refractivity contribution in [2.45, 2.75) is 46.3 Å². The number of aryl methyl sites for hydroxylation is 1. The number of nitrogens with zero attached hydrogens (tertiary/aromatic N) is 2. The van der Waals surface area contributed by atoms with Crippen molar-refractivity contribution in [1.82, 2.24) is 9.13 Å². The van der Waals surface area contributed by atoms with E-state index in [0.717, 1.165) is 13.0 Å². The van der Waals surface area contributed by atoms with Crippen LogP contribution in [0.15, 0.2) is 17.2 Å². The maximum atomic E-state index is 11.8. The zero-order valence-electron chi connectivity index (χ0n) is 9.81. The largest absolute Gasteiger partial charge is 0.328 e. The quantitative estimate of drug-likeness (QED) is 0.791. The molecule has 0 spiro atoms. The van der Waals surface area contributed by atoms with E-state index in [1.54, 1.807) is 9.13 Å². The molecule has 0 fully saturated rings. The zero-order chi connectivity index (χ0) is 11.4. The lowest BCUT2D eigenvalue weighted by molar-refractivity contribution is 0.424. The second-order valence-corrected chi connectivity index (χ2v) is 4.33. The molecule has 0 aliphatic heterocycles. The highest BCUT2D eigenvalue weighted by Gasteiger charge is 2.10. The Morgan fingerprint density at radius 2 is 1.93 bits per heavy atom. The molecule has 0 aromatic carbocycles. The first-order valence-corrected chi connectivity index (χ1v) is 5.57. The average molecular weight is 211 g/mol. The summed E-state index contributed by atoms with van der Waals surface area (Å²) in [4.78, 5) is 11.8. The fourth-order valence-corrected chi connectivity index (χ4v) is 1.44. The molecule has 0 aliphatic rings. The summed E-state index contributed by atoms with van der Waals surface area (Å²) in [5.41, 5.74) is 5.98. The van der Waals surface area contributed by atoms with Crippen molar-refractivity contribution in [3.05, 3.63) is 22.9 Å². The lowest BCUT2D eigenvalue weighted by Gasteiger charge is -2.15. The summed E-state index contributed by atoms with van der Waals surface area (Å²) in [5.74, 6) is 0.395. The van der Waals surface area contributed by atoms with E-state index in [0.29, 0.717) is 12.5 Å². The van der Waals surface area contributed by atoms with Crippen LogP contribution in [-0.2, 0) is 13.1 Å². The van der Waals surface area contributed by atoms with Gasteiger partial charge in [-0.1, -0.05) is 20.8 Å². The summed E-state index contributed by atoms with van der Waals surface area (Å²) in [6, 6.07) is 0.0418. The number of hydrogen-bond donors (Lipinski definition) is 1. The topological polar surface area (TPSA) is 52.9 Å². The van der Waals surface area contributed by atoms with Crippen molar-refractivity contribution in [3.8, 4) is 0 Å². The van der Waals surface area contributed by atoms with E-state index in [2.05, 4.69) is 20.8 Å². The Morgan fingerprint density at radius 3 is 2.47 bits per heavy atom. The molecule has 1 aromatic heterocycles. The van der Waals surface area contributed by atoms with Crippen LogP contribution in [-0.4, -0.2) is 15.2 Å². The van der Waals surface area contributed by atoms with E-state index in [-0.39, 0.29) is 11.7 Å². The monoisotopic (exact) mass is 211 g/mol. The molecular weight excluding hydrogens is 190 g/mol. The highest BCUT2D eigenvalue weighted by molar-refractivity contribution is 4.83. The van der Waals surface area contributed by atoms with Crippen LogP contribution in [0.25, 0.3) is 0 Å². The number of aromatic nitrogens is 2. The van der Waals surface area contributed by atoms with Gasteiger partial charge in [0, 0.05) is 31.5 Å². The van der Waals surface area contributed by atoms with Crippen molar-refractivity contribution in [2.75, 3.05) is 0 Å². The minimum Gasteiger partial charge on any atom is -0.326 e. The molecule has 1 atom stereocenters. The Kier molecular flexibility index (Phi) is 4.15. The molecule has 0 amide bonds. The van der Waals surface area contributed by atoms with Gasteiger partial charge in [-0.25, -0.2) is 4.79 Å². The third-order valence-electron chi connectivity index (χ3n) is 2.65. The van der Waals surface area contributed by atoms with Gasteiger partial charge in [-0.05, 0) is 12.3 Å². The number of imidazole rings is 1. The third-order valence-corrected chi connectivity index (χ3v) is 2.65. The Hall–Kier alpha value is -1.03. The van der Waals surface area contributed by atoms with Gasteiger partial charge in [0.25, 0.3) is 0 Å². The van der Waals surface area contributed by atoms with Crippen LogP contribution in [0.5, 0.6) is 0 Å². The highest BCUT2D eigenvalue weighted by atomic mass is 16.1. The second kappa shape index (κ2) is 5.16. The molecule has 4 nitrogen and oxygen atoms in total. The Morgan fingerprint density at radius 1 is 1.33 bits per heavy atom. The minimum atomic E-state index is 0.0418. The van der Waals surface area contributed by atoms with E-state index in [1.807, 2.05) is 12.4 Å². The molecule has 1 aromatic rings. The predicted molar refractivity (Wildman–Crippen MR) is 61.8 cm³/mol. The van der Waals surface area contributed by atoms with Gasteiger partial charge in [0.2, 0.25) is 0 Å². The summed E-state index contributed by atoms with van der Waals surface area (Å²) in [5, 5.41) is 0. The Bertz CT molecular complexity index is 351. The first-order valence-electron chi connectivity index (χ1n) is 5.57. The Balaban J connectivity index is 2.74. The van der Waals surface area contributed by atoms with Crippen LogP contribution in [0, 0.1) is 5.92 Å². The van der Waals surface area contributed by atoms with Gasteiger partial charge in [0.15, 0.2) is 0 Å². The SMILES string of the molecule is CCCn1ccn(CC(N)C(C)C)c1=O. The molecule has 86 valence electrons. The summed E-state index contributed by atoms with van der Waals surface area (Å²) < 4.78 is 3.42. The fraction of sp³-hybridized carbons (Fsp3) is 0.727. The number of hydrogen-bond acceptors (Lipinski definition) is 2. The average Bonchev–Trinajstić information content (AvgIpc) is 2.50. The van der Waals surface area contributed by atoms with Gasteiger partial charge in [-0.2, -0.15) is 0 Å². The normalized spacial score (nSPS) is 13.4. The Labute approximate surface area is 90.7 Å². The molecule has 1 rings (SSSR count). The summed E-state index contributed by atoms with van der Waals surface area (Å²) in [6.45, 7) is 7.58. The summed E-state index contributed by atoms with van der Waals surface area (Å²) in [7, 11) is 0. The molecule has 1 unspecified atom stereocenters. The van der Waals surface area contributed by atoms with Gasteiger partial charge in [0.1, 0.15) is 0 Å². The molecule has 2 N–H and O–H groups in total. The third kappa shape index (κ3) is 2.96. The summed E-state index contributed by atoms with van der Waals surface area (Å²) in [6.07, 6.45) is 4.62. The zero-order valence-corrected chi connectivity index (χ0v) is 9.81. The molecule has 0 aliphatic carbocycles. The minimum absolute atomic E-state index is 0.0418. The van der Waals surface area contributed by atoms with E-state index in [4.69, 9.17) is 5.73 Å². The van der Waals surface area contributed by atoms with Crippen LogP contribution in [0.3, 0.4) is 0 Å². The van der Waals surface area contributed by atoms with Crippen molar-refractivity contribution in [3.63, 3.8) is 0 Å². The maximum absolute atomic E-state index is 11.8. The molecule has 0 radical (unpaired) electrons. The van der Waals surface area contributed by atoms with Gasteiger partial charge in [-0.3, -0.25) is 9.13 Å². The fourth-order valence-electron chi connectivity index (χ4n) is 1.44. The van der Waals surface area contributed by atoms with Crippen LogP contribution in [0.4, 0.5) is 0 Å². The van der Waals surface area contributed by atoms with E-state index in [9.17, 15) is 4.79 Å². The molecule has 0 bridgehead atoms. The smallest absolute Gasteiger partial charge is 0.326 e. The van der Waals surface area contributed by atoms with Crippen molar-refractivity contribution in [2.24, 2.45) is 11.7 Å². The van der Waals surface area contributed by atoms with Gasteiger partial charge in [0.05, 0.1) is 0 Å². The first-order chi connectivity index (χ1) is 7.06. The molecule has 4 heteroatoms. The van der Waals surface area contributed by atoms with Crippen molar-refractivity contribution < 1.29 is 0 Å². The van der Waals surface area contributed by atoms with Crippen molar-refractivity contribution >= 4 is 0 Å². The lowest BCUT2D eigenvalue weighted by Crippen LogP contribution is -2.36. The van der Waals surface area contributed by atoms with Crippen LogP contribution in [0.1, 0.15) is 27.2 Å². The second-order valence-electron chi connectivity index (χ2n) is 4.33. The molecular formula is C11H21N3O. The molecule has 0 saturated heterocycles. The van der Waals surface area contributed by atoms with Crippen LogP contribution < -0.4 is 11.4 Å².